The van der Waals surface area contributed by atoms with Gasteiger partial charge in [-0.3, -0.25) is 0 Å². The fourth-order valence-electron chi connectivity index (χ4n) is 2.26. The van der Waals surface area contributed by atoms with Crippen LogP contribution in [0, 0.1) is 0 Å². The van der Waals surface area contributed by atoms with Crippen LogP contribution in [0.1, 0.15) is 12.8 Å². The average molecular weight is 218 g/mol. The van der Waals surface area contributed by atoms with Gasteiger partial charge in [0.05, 0.1) is 12.6 Å². The predicted octanol–water partition coefficient (Wildman–Crippen LogP) is 1.79. The summed E-state index contributed by atoms with van der Waals surface area (Å²) < 4.78 is 5.69. The maximum Gasteiger partial charge on any atom is 0.298 e. The molecule has 1 aromatic heterocycles. The van der Waals surface area contributed by atoms with Crippen molar-refractivity contribution < 1.29 is 9.52 Å². The van der Waals surface area contributed by atoms with Crippen molar-refractivity contribution in [3.63, 3.8) is 0 Å². The largest absolute Gasteiger partial charge is 0.423 e. The second-order valence-electron chi connectivity index (χ2n) is 4.14. The van der Waals surface area contributed by atoms with Crippen LogP contribution in [0.4, 0.5) is 6.01 Å². The molecular weight excluding hydrogens is 204 g/mol. The van der Waals surface area contributed by atoms with Gasteiger partial charge < -0.3 is 14.4 Å². The van der Waals surface area contributed by atoms with Crippen molar-refractivity contribution in [1.29, 1.82) is 0 Å². The summed E-state index contributed by atoms with van der Waals surface area (Å²) in [6.45, 7) is 1.08. The number of benzene rings is 1. The van der Waals surface area contributed by atoms with Crippen LogP contribution in [-0.2, 0) is 0 Å². The van der Waals surface area contributed by atoms with Crippen molar-refractivity contribution >= 4 is 17.1 Å². The van der Waals surface area contributed by atoms with Gasteiger partial charge in [-0.05, 0) is 25.0 Å². The maximum absolute atomic E-state index is 9.26. The van der Waals surface area contributed by atoms with E-state index >= 15 is 0 Å². The predicted molar refractivity (Wildman–Crippen MR) is 61.5 cm³/mol. The number of aromatic nitrogens is 1. The van der Waals surface area contributed by atoms with Crippen molar-refractivity contribution in [2.45, 2.75) is 18.9 Å². The molecule has 1 saturated heterocycles. The number of fused-ring (bicyclic) bond motifs is 1. The highest BCUT2D eigenvalue weighted by atomic mass is 16.4. The highest BCUT2D eigenvalue weighted by Crippen LogP contribution is 2.27. The van der Waals surface area contributed by atoms with Crippen LogP contribution in [0.25, 0.3) is 11.1 Å². The molecule has 1 aliphatic rings. The average Bonchev–Trinajstić information content (AvgIpc) is 2.94. The smallest absolute Gasteiger partial charge is 0.298 e. The summed E-state index contributed by atoms with van der Waals surface area (Å²) in [5.41, 5.74) is 1.68. The number of rotatable bonds is 2. The molecule has 0 amide bonds. The van der Waals surface area contributed by atoms with Gasteiger partial charge in [-0.1, -0.05) is 12.1 Å². The van der Waals surface area contributed by atoms with Gasteiger partial charge in [0.15, 0.2) is 5.58 Å². The Labute approximate surface area is 93.5 Å². The molecule has 4 nitrogen and oxygen atoms in total. The molecule has 16 heavy (non-hydrogen) atoms. The Morgan fingerprint density at radius 1 is 1.44 bits per heavy atom. The van der Waals surface area contributed by atoms with E-state index in [2.05, 4.69) is 9.88 Å². The van der Waals surface area contributed by atoms with Crippen LogP contribution in [0.15, 0.2) is 28.7 Å². The molecule has 0 aliphatic carbocycles. The van der Waals surface area contributed by atoms with Crippen molar-refractivity contribution in [2.75, 3.05) is 18.1 Å². The second kappa shape index (κ2) is 3.79. The van der Waals surface area contributed by atoms with Crippen LogP contribution in [0.5, 0.6) is 0 Å². The van der Waals surface area contributed by atoms with Gasteiger partial charge in [0.2, 0.25) is 0 Å². The molecule has 0 bridgehead atoms. The number of hydrogen-bond donors (Lipinski definition) is 1. The van der Waals surface area contributed by atoms with Gasteiger partial charge in [0.25, 0.3) is 6.01 Å². The molecule has 2 aromatic rings. The van der Waals surface area contributed by atoms with Crippen LogP contribution >= 0.6 is 0 Å². The Morgan fingerprint density at radius 3 is 3.12 bits per heavy atom. The third kappa shape index (κ3) is 1.46. The Kier molecular flexibility index (Phi) is 2.29. The zero-order valence-corrected chi connectivity index (χ0v) is 8.97. The van der Waals surface area contributed by atoms with Gasteiger partial charge >= 0.3 is 0 Å². The number of aliphatic hydroxyl groups is 1. The quantitative estimate of drug-likeness (QED) is 0.834. The number of hydrogen-bond acceptors (Lipinski definition) is 4. The van der Waals surface area contributed by atoms with Gasteiger partial charge in [-0.2, -0.15) is 4.98 Å². The molecule has 0 radical (unpaired) electrons. The molecule has 2 heterocycles. The highest BCUT2D eigenvalue weighted by molar-refractivity contribution is 5.74. The zero-order chi connectivity index (χ0) is 11.0. The molecule has 4 heteroatoms. The molecule has 1 aromatic carbocycles. The van der Waals surface area contributed by atoms with Gasteiger partial charge in [0, 0.05) is 6.54 Å². The number of para-hydroxylation sites is 2. The molecule has 0 spiro atoms. The van der Waals surface area contributed by atoms with E-state index < -0.39 is 0 Å². The lowest BCUT2D eigenvalue weighted by Crippen LogP contribution is -2.32. The topological polar surface area (TPSA) is 49.5 Å². The van der Waals surface area contributed by atoms with Crippen LogP contribution in [0.3, 0.4) is 0 Å². The Morgan fingerprint density at radius 2 is 2.31 bits per heavy atom. The lowest BCUT2D eigenvalue weighted by Gasteiger charge is -2.20. The molecular formula is C12H14N2O2. The van der Waals surface area contributed by atoms with E-state index in [9.17, 15) is 5.11 Å². The third-order valence-corrected chi connectivity index (χ3v) is 3.12. The lowest BCUT2D eigenvalue weighted by molar-refractivity contribution is 0.263. The third-order valence-electron chi connectivity index (χ3n) is 3.12. The number of oxazole rings is 1. The summed E-state index contributed by atoms with van der Waals surface area (Å²) in [5.74, 6) is 0. The van der Waals surface area contributed by atoms with Gasteiger partial charge in [-0.15, -0.1) is 0 Å². The molecule has 1 N–H and O–H groups in total. The Hall–Kier alpha value is -1.55. The summed E-state index contributed by atoms with van der Waals surface area (Å²) >= 11 is 0. The maximum atomic E-state index is 9.26. The van der Waals surface area contributed by atoms with Gasteiger partial charge in [-0.25, -0.2) is 0 Å². The summed E-state index contributed by atoms with van der Waals surface area (Å²) in [4.78, 5) is 6.50. The van der Waals surface area contributed by atoms with Crippen LogP contribution < -0.4 is 4.90 Å². The number of anilines is 1. The van der Waals surface area contributed by atoms with E-state index in [-0.39, 0.29) is 12.6 Å². The summed E-state index contributed by atoms with van der Waals surface area (Å²) in [6, 6.07) is 8.53. The van der Waals surface area contributed by atoms with E-state index in [1.807, 2.05) is 24.3 Å². The molecule has 84 valence electrons. The first-order valence-electron chi connectivity index (χ1n) is 5.61. The summed E-state index contributed by atoms with van der Waals surface area (Å²) in [7, 11) is 0. The lowest BCUT2D eigenvalue weighted by atomic mass is 10.2. The standard InChI is InChI=1S/C12H14N2O2/c15-8-9-4-3-7-14(9)12-13-10-5-1-2-6-11(10)16-12/h1-2,5-6,9,15H,3-4,7-8H2/t9-/m0/s1. The minimum absolute atomic E-state index is 0.160. The van der Waals surface area contributed by atoms with Crippen molar-refractivity contribution in [1.82, 2.24) is 4.98 Å². The zero-order valence-electron chi connectivity index (χ0n) is 8.97. The molecule has 1 aliphatic heterocycles. The fraction of sp³-hybridized carbons (Fsp3) is 0.417. The van der Waals surface area contributed by atoms with Crippen LogP contribution in [0.2, 0.25) is 0 Å². The minimum Gasteiger partial charge on any atom is -0.423 e. The molecule has 0 saturated carbocycles. The van der Waals surface area contributed by atoms with Crippen molar-refractivity contribution in [2.24, 2.45) is 0 Å². The highest BCUT2D eigenvalue weighted by Gasteiger charge is 2.27. The van der Waals surface area contributed by atoms with E-state index in [4.69, 9.17) is 4.42 Å². The van der Waals surface area contributed by atoms with Crippen molar-refractivity contribution in [3.8, 4) is 0 Å². The fourth-order valence-corrected chi connectivity index (χ4v) is 2.26. The molecule has 1 atom stereocenters. The number of nitrogens with zero attached hydrogens (tertiary/aromatic N) is 2. The monoisotopic (exact) mass is 218 g/mol. The van der Waals surface area contributed by atoms with E-state index in [1.165, 1.54) is 0 Å². The van der Waals surface area contributed by atoms with Crippen LogP contribution in [-0.4, -0.2) is 29.3 Å². The molecule has 3 rings (SSSR count). The molecule has 1 fully saturated rings. The van der Waals surface area contributed by atoms with Crippen molar-refractivity contribution in [3.05, 3.63) is 24.3 Å². The number of aliphatic hydroxyl groups excluding tert-OH is 1. The first kappa shape index (κ1) is 9.66. The summed E-state index contributed by atoms with van der Waals surface area (Å²) in [5, 5.41) is 9.26. The minimum atomic E-state index is 0.160. The summed E-state index contributed by atoms with van der Waals surface area (Å²) in [6.07, 6.45) is 2.10. The SMILES string of the molecule is OC[C@@H]1CCCN1c1nc2ccccc2o1. The first-order valence-corrected chi connectivity index (χ1v) is 5.61. The van der Waals surface area contributed by atoms with E-state index in [0.29, 0.717) is 6.01 Å². The second-order valence-corrected chi connectivity index (χ2v) is 4.14. The molecule has 0 unspecified atom stereocenters. The van der Waals surface area contributed by atoms with Gasteiger partial charge in [0.1, 0.15) is 5.52 Å². The first-order chi connectivity index (χ1) is 7.88. The Bertz CT molecular complexity index is 461. The Balaban J connectivity index is 1.99. The van der Waals surface area contributed by atoms with E-state index in [0.717, 1.165) is 30.5 Å². The van der Waals surface area contributed by atoms with E-state index in [1.54, 1.807) is 0 Å². The normalized spacial score (nSPS) is 20.8.